The van der Waals surface area contributed by atoms with Crippen LogP contribution in [-0.2, 0) is 0 Å². The van der Waals surface area contributed by atoms with Crippen LogP contribution in [0.25, 0.3) is 0 Å². The first-order valence-electron chi connectivity index (χ1n) is 5.64. The zero-order valence-corrected chi connectivity index (χ0v) is 11.8. The molecule has 2 aromatic rings. The van der Waals surface area contributed by atoms with Gasteiger partial charge in [0.1, 0.15) is 0 Å². The number of hydrogen-bond acceptors (Lipinski definition) is 2. The zero-order valence-electron chi connectivity index (χ0n) is 10.3. The van der Waals surface area contributed by atoms with Crippen LogP contribution in [0.5, 0.6) is 0 Å². The second-order valence-electron chi connectivity index (χ2n) is 4.29. The standard InChI is InChI=1S/C14H16ClNS/c1-9-4-5-12(15)8-13(9)16-11(3)14-10(2)6-7-17-14/h4-8,11,16H,1-3H3. The summed E-state index contributed by atoms with van der Waals surface area (Å²) in [6, 6.07) is 8.41. The van der Waals surface area contributed by atoms with Gasteiger partial charge in [0.2, 0.25) is 0 Å². The van der Waals surface area contributed by atoms with E-state index in [9.17, 15) is 0 Å². The Labute approximate surface area is 111 Å². The molecule has 0 radical (unpaired) electrons. The molecule has 1 aromatic carbocycles. The monoisotopic (exact) mass is 265 g/mol. The van der Waals surface area contributed by atoms with Gasteiger partial charge in [0, 0.05) is 15.6 Å². The molecule has 0 aliphatic carbocycles. The van der Waals surface area contributed by atoms with E-state index >= 15 is 0 Å². The molecule has 2 rings (SSSR count). The molecule has 1 N–H and O–H groups in total. The normalized spacial score (nSPS) is 12.5. The summed E-state index contributed by atoms with van der Waals surface area (Å²) in [7, 11) is 0. The number of nitrogens with one attached hydrogen (secondary N) is 1. The molecule has 1 aromatic heterocycles. The van der Waals surface area contributed by atoms with E-state index in [-0.39, 0.29) is 0 Å². The number of hydrogen-bond donors (Lipinski definition) is 1. The van der Waals surface area contributed by atoms with Crippen molar-refractivity contribution in [3.63, 3.8) is 0 Å². The number of benzene rings is 1. The highest BCUT2D eigenvalue weighted by Gasteiger charge is 2.10. The fraction of sp³-hybridized carbons (Fsp3) is 0.286. The van der Waals surface area contributed by atoms with Gasteiger partial charge < -0.3 is 5.32 Å². The van der Waals surface area contributed by atoms with Crippen LogP contribution in [0.1, 0.15) is 29.0 Å². The van der Waals surface area contributed by atoms with E-state index in [1.807, 2.05) is 18.2 Å². The average Bonchev–Trinajstić information content (AvgIpc) is 2.70. The minimum absolute atomic E-state index is 0.312. The van der Waals surface area contributed by atoms with Gasteiger partial charge in [0.15, 0.2) is 0 Å². The largest absolute Gasteiger partial charge is 0.377 e. The number of aryl methyl sites for hydroxylation is 2. The van der Waals surface area contributed by atoms with Crippen LogP contribution in [-0.4, -0.2) is 0 Å². The number of halogens is 1. The Bertz CT molecular complexity index is 519. The maximum atomic E-state index is 6.02. The van der Waals surface area contributed by atoms with Crippen molar-refractivity contribution in [2.75, 3.05) is 5.32 Å². The van der Waals surface area contributed by atoms with Crippen LogP contribution in [0.4, 0.5) is 5.69 Å². The molecule has 0 aliphatic heterocycles. The molecule has 0 saturated carbocycles. The molecule has 1 atom stereocenters. The van der Waals surface area contributed by atoms with Crippen molar-refractivity contribution in [3.8, 4) is 0 Å². The Kier molecular flexibility index (Phi) is 3.75. The number of thiophene rings is 1. The highest BCUT2D eigenvalue weighted by atomic mass is 35.5. The molecule has 0 aliphatic rings. The fourth-order valence-electron chi connectivity index (χ4n) is 1.88. The van der Waals surface area contributed by atoms with E-state index in [4.69, 9.17) is 11.6 Å². The molecule has 1 heterocycles. The summed E-state index contributed by atoms with van der Waals surface area (Å²) in [4.78, 5) is 1.38. The topological polar surface area (TPSA) is 12.0 Å². The summed E-state index contributed by atoms with van der Waals surface area (Å²) >= 11 is 7.81. The fourth-order valence-corrected chi connectivity index (χ4v) is 2.98. The van der Waals surface area contributed by atoms with Gasteiger partial charge in [-0.3, -0.25) is 0 Å². The molecule has 0 fully saturated rings. The second-order valence-corrected chi connectivity index (χ2v) is 5.68. The predicted molar refractivity (Wildman–Crippen MR) is 77.3 cm³/mol. The lowest BCUT2D eigenvalue weighted by Gasteiger charge is -2.17. The van der Waals surface area contributed by atoms with Crippen molar-refractivity contribution >= 4 is 28.6 Å². The van der Waals surface area contributed by atoms with E-state index in [0.717, 1.165) is 10.7 Å². The van der Waals surface area contributed by atoms with Crippen molar-refractivity contribution in [1.82, 2.24) is 0 Å². The molecule has 1 unspecified atom stereocenters. The lowest BCUT2D eigenvalue weighted by molar-refractivity contribution is 0.897. The molecule has 17 heavy (non-hydrogen) atoms. The summed E-state index contributed by atoms with van der Waals surface area (Å²) in [5.41, 5.74) is 3.67. The molecule has 90 valence electrons. The van der Waals surface area contributed by atoms with Crippen LogP contribution >= 0.6 is 22.9 Å². The Hall–Kier alpha value is -0.990. The van der Waals surface area contributed by atoms with Crippen LogP contribution in [0, 0.1) is 13.8 Å². The van der Waals surface area contributed by atoms with Crippen molar-refractivity contribution in [3.05, 3.63) is 50.7 Å². The van der Waals surface area contributed by atoms with Gasteiger partial charge in [-0.1, -0.05) is 17.7 Å². The Morgan fingerprint density at radius 2 is 1.94 bits per heavy atom. The Balaban J connectivity index is 2.21. The minimum atomic E-state index is 0.312. The molecule has 1 nitrogen and oxygen atoms in total. The molecular formula is C14H16ClNS. The zero-order chi connectivity index (χ0) is 12.4. The van der Waals surface area contributed by atoms with Gasteiger partial charge in [0.25, 0.3) is 0 Å². The maximum Gasteiger partial charge on any atom is 0.0581 e. The van der Waals surface area contributed by atoms with E-state index < -0.39 is 0 Å². The van der Waals surface area contributed by atoms with Gasteiger partial charge in [-0.15, -0.1) is 11.3 Å². The minimum Gasteiger partial charge on any atom is -0.377 e. The van der Waals surface area contributed by atoms with E-state index in [2.05, 4.69) is 37.5 Å². The summed E-state index contributed by atoms with van der Waals surface area (Å²) in [6.45, 7) is 6.42. The third-order valence-electron chi connectivity index (χ3n) is 2.87. The van der Waals surface area contributed by atoms with Gasteiger partial charge >= 0.3 is 0 Å². The van der Waals surface area contributed by atoms with E-state index in [0.29, 0.717) is 6.04 Å². The van der Waals surface area contributed by atoms with Gasteiger partial charge in [-0.25, -0.2) is 0 Å². The summed E-state index contributed by atoms with van der Waals surface area (Å²) in [5.74, 6) is 0. The highest BCUT2D eigenvalue weighted by Crippen LogP contribution is 2.29. The van der Waals surface area contributed by atoms with Crippen molar-refractivity contribution < 1.29 is 0 Å². The molecule has 0 saturated heterocycles. The summed E-state index contributed by atoms with van der Waals surface area (Å²) in [6.07, 6.45) is 0. The molecular weight excluding hydrogens is 250 g/mol. The third kappa shape index (κ3) is 2.82. The Morgan fingerprint density at radius 3 is 2.59 bits per heavy atom. The van der Waals surface area contributed by atoms with Gasteiger partial charge in [-0.2, -0.15) is 0 Å². The number of anilines is 1. The van der Waals surface area contributed by atoms with Crippen molar-refractivity contribution in [2.45, 2.75) is 26.8 Å². The lowest BCUT2D eigenvalue weighted by atomic mass is 10.1. The van der Waals surface area contributed by atoms with Crippen LogP contribution in [0.15, 0.2) is 29.6 Å². The molecule has 0 amide bonds. The first-order chi connectivity index (χ1) is 8.08. The van der Waals surface area contributed by atoms with Crippen LogP contribution in [0.2, 0.25) is 5.02 Å². The first-order valence-corrected chi connectivity index (χ1v) is 6.90. The highest BCUT2D eigenvalue weighted by molar-refractivity contribution is 7.10. The third-order valence-corrected chi connectivity index (χ3v) is 4.30. The summed E-state index contributed by atoms with van der Waals surface area (Å²) < 4.78 is 0. The first kappa shape index (κ1) is 12.5. The second kappa shape index (κ2) is 5.11. The summed E-state index contributed by atoms with van der Waals surface area (Å²) in [5, 5.41) is 6.42. The average molecular weight is 266 g/mol. The van der Waals surface area contributed by atoms with Gasteiger partial charge in [0.05, 0.1) is 6.04 Å². The van der Waals surface area contributed by atoms with Crippen LogP contribution < -0.4 is 5.32 Å². The van der Waals surface area contributed by atoms with Gasteiger partial charge in [-0.05, 0) is 55.5 Å². The predicted octanol–water partition coefficient (Wildman–Crippen LogP) is 5.19. The van der Waals surface area contributed by atoms with E-state index in [1.54, 1.807) is 11.3 Å². The van der Waals surface area contributed by atoms with Crippen molar-refractivity contribution in [1.29, 1.82) is 0 Å². The molecule has 0 spiro atoms. The molecule has 0 bridgehead atoms. The van der Waals surface area contributed by atoms with E-state index in [1.165, 1.54) is 16.0 Å². The van der Waals surface area contributed by atoms with Crippen molar-refractivity contribution in [2.24, 2.45) is 0 Å². The Morgan fingerprint density at radius 1 is 1.18 bits per heavy atom. The maximum absolute atomic E-state index is 6.02. The number of rotatable bonds is 3. The van der Waals surface area contributed by atoms with Crippen LogP contribution in [0.3, 0.4) is 0 Å². The SMILES string of the molecule is Cc1ccc(Cl)cc1NC(C)c1sccc1C. The quantitative estimate of drug-likeness (QED) is 0.805. The lowest BCUT2D eigenvalue weighted by Crippen LogP contribution is -2.07. The smallest absolute Gasteiger partial charge is 0.0581 e. The molecule has 3 heteroatoms.